The van der Waals surface area contributed by atoms with Gasteiger partial charge in [0.05, 0.1) is 17.8 Å². The van der Waals surface area contributed by atoms with Gasteiger partial charge < -0.3 is 0 Å². The van der Waals surface area contributed by atoms with Crippen LogP contribution in [0.25, 0.3) is 0 Å². The maximum absolute atomic E-state index is 12.5. The summed E-state index contributed by atoms with van der Waals surface area (Å²) >= 11 is 0. The predicted octanol–water partition coefficient (Wildman–Crippen LogP) is 3.74. The second-order valence-electron chi connectivity index (χ2n) is 5.54. The van der Waals surface area contributed by atoms with Crippen molar-refractivity contribution < 1.29 is 4.79 Å². The Kier molecular flexibility index (Phi) is 4.87. The number of amides is 1. The zero-order valence-electron chi connectivity index (χ0n) is 13.5. The van der Waals surface area contributed by atoms with Crippen LogP contribution in [0.15, 0.2) is 79.0 Å². The van der Waals surface area contributed by atoms with Gasteiger partial charge in [0.1, 0.15) is 0 Å². The molecule has 0 aliphatic heterocycles. The Morgan fingerprint density at radius 2 is 1.62 bits per heavy atom. The first-order valence-electron chi connectivity index (χ1n) is 7.82. The van der Waals surface area contributed by atoms with E-state index in [-0.39, 0.29) is 5.91 Å². The van der Waals surface area contributed by atoms with Crippen LogP contribution in [0, 0.1) is 6.92 Å². The standard InChI is InChI=1S/C20H19N3O/c1-16-12-13-18(14-21-16)20(24)22-23(19-10-6-3-7-11-19)15-17-8-4-2-5-9-17/h2-14H,15H2,1H3,(H,22,24). The fourth-order valence-corrected chi connectivity index (χ4v) is 2.36. The van der Waals surface area contributed by atoms with E-state index in [1.54, 1.807) is 12.3 Å². The number of aromatic nitrogens is 1. The molecule has 0 saturated heterocycles. The number of nitrogens with one attached hydrogen (secondary N) is 1. The minimum atomic E-state index is -0.178. The zero-order chi connectivity index (χ0) is 16.8. The lowest BCUT2D eigenvalue weighted by atomic mass is 10.2. The van der Waals surface area contributed by atoms with Crippen LogP contribution in [-0.4, -0.2) is 10.9 Å². The number of hydrogen-bond acceptors (Lipinski definition) is 3. The van der Waals surface area contributed by atoms with Crippen LogP contribution in [0.3, 0.4) is 0 Å². The highest BCUT2D eigenvalue weighted by Gasteiger charge is 2.13. The third-order valence-corrected chi connectivity index (χ3v) is 3.66. The Morgan fingerprint density at radius 1 is 0.958 bits per heavy atom. The van der Waals surface area contributed by atoms with Gasteiger partial charge in [-0.3, -0.25) is 20.2 Å². The molecule has 1 aromatic heterocycles. The number of pyridine rings is 1. The summed E-state index contributed by atoms with van der Waals surface area (Å²) in [6.45, 7) is 2.48. The highest BCUT2D eigenvalue weighted by atomic mass is 16.2. The number of benzene rings is 2. The van der Waals surface area contributed by atoms with Gasteiger partial charge in [0.2, 0.25) is 0 Å². The maximum atomic E-state index is 12.5. The van der Waals surface area contributed by atoms with Gasteiger partial charge in [-0.1, -0.05) is 48.5 Å². The second kappa shape index (κ2) is 7.42. The van der Waals surface area contributed by atoms with E-state index in [0.717, 1.165) is 16.9 Å². The minimum absolute atomic E-state index is 0.178. The van der Waals surface area contributed by atoms with Crippen LogP contribution in [0.4, 0.5) is 5.69 Å². The second-order valence-corrected chi connectivity index (χ2v) is 5.54. The number of hydrazine groups is 1. The van der Waals surface area contributed by atoms with Gasteiger partial charge in [-0.05, 0) is 36.8 Å². The van der Waals surface area contributed by atoms with Crippen molar-refractivity contribution >= 4 is 11.6 Å². The highest BCUT2D eigenvalue weighted by molar-refractivity contribution is 5.94. The third kappa shape index (κ3) is 3.98. The van der Waals surface area contributed by atoms with Gasteiger partial charge in [-0.15, -0.1) is 0 Å². The lowest BCUT2D eigenvalue weighted by Crippen LogP contribution is -2.42. The van der Waals surface area contributed by atoms with Crippen molar-refractivity contribution in [3.63, 3.8) is 0 Å². The molecule has 120 valence electrons. The first-order valence-corrected chi connectivity index (χ1v) is 7.82. The van der Waals surface area contributed by atoms with Crippen molar-refractivity contribution in [3.8, 4) is 0 Å². The number of para-hydroxylation sites is 1. The smallest absolute Gasteiger partial charge is 0.271 e. The van der Waals surface area contributed by atoms with Crippen molar-refractivity contribution in [2.75, 3.05) is 5.01 Å². The Hall–Kier alpha value is -3.14. The maximum Gasteiger partial charge on any atom is 0.271 e. The average molecular weight is 317 g/mol. The molecule has 1 heterocycles. The molecule has 0 aliphatic carbocycles. The van der Waals surface area contributed by atoms with E-state index in [1.807, 2.05) is 78.7 Å². The number of nitrogens with zero attached hydrogens (tertiary/aromatic N) is 2. The van der Waals surface area contributed by atoms with Crippen molar-refractivity contribution in [3.05, 3.63) is 95.8 Å². The molecule has 0 aliphatic rings. The van der Waals surface area contributed by atoms with E-state index in [2.05, 4.69) is 10.4 Å². The largest absolute Gasteiger partial charge is 0.281 e. The molecule has 0 radical (unpaired) electrons. The molecule has 24 heavy (non-hydrogen) atoms. The van der Waals surface area contributed by atoms with E-state index in [1.165, 1.54) is 0 Å². The van der Waals surface area contributed by atoms with E-state index in [0.29, 0.717) is 12.1 Å². The summed E-state index contributed by atoms with van der Waals surface area (Å²) in [4.78, 5) is 16.7. The molecule has 0 saturated carbocycles. The summed E-state index contributed by atoms with van der Waals surface area (Å²) in [5.41, 5.74) is 6.43. The Bertz CT molecular complexity index is 786. The number of carbonyl (C=O) groups is 1. The van der Waals surface area contributed by atoms with Gasteiger partial charge in [0.25, 0.3) is 5.91 Å². The first-order chi connectivity index (χ1) is 11.7. The molecular formula is C20H19N3O. The fraction of sp³-hybridized carbons (Fsp3) is 0.100. The SMILES string of the molecule is Cc1ccc(C(=O)NN(Cc2ccccc2)c2ccccc2)cn1. The van der Waals surface area contributed by atoms with Crippen LogP contribution in [0.2, 0.25) is 0 Å². The minimum Gasteiger partial charge on any atom is -0.281 e. The van der Waals surface area contributed by atoms with E-state index in [9.17, 15) is 4.79 Å². The van der Waals surface area contributed by atoms with Crippen LogP contribution >= 0.6 is 0 Å². The molecule has 0 atom stereocenters. The highest BCUT2D eigenvalue weighted by Crippen LogP contribution is 2.15. The molecule has 0 bridgehead atoms. The van der Waals surface area contributed by atoms with E-state index >= 15 is 0 Å². The summed E-state index contributed by atoms with van der Waals surface area (Å²) in [6, 6.07) is 23.4. The van der Waals surface area contributed by atoms with Crippen molar-refractivity contribution in [1.29, 1.82) is 0 Å². The van der Waals surface area contributed by atoms with Gasteiger partial charge in [-0.2, -0.15) is 0 Å². The fourth-order valence-electron chi connectivity index (χ4n) is 2.36. The molecule has 0 fully saturated rings. The lowest BCUT2D eigenvalue weighted by molar-refractivity contribution is 0.0948. The molecule has 0 spiro atoms. The Morgan fingerprint density at radius 3 is 2.25 bits per heavy atom. The third-order valence-electron chi connectivity index (χ3n) is 3.66. The zero-order valence-corrected chi connectivity index (χ0v) is 13.5. The number of anilines is 1. The van der Waals surface area contributed by atoms with Gasteiger partial charge in [0, 0.05) is 11.9 Å². The number of hydrogen-bond donors (Lipinski definition) is 1. The van der Waals surface area contributed by atoms with Crippen LogP contribution < -0.4 is 10.4 Å². The molecule has 2 aromatic carbocycles. The molecular weight excluding hydrogens is 298 g/mol. The Labute approximate surface area is 141 Å². The molecule has 1 amide bonds. The molecule has 0 unspecified atom stereocenters. The van der Waals surface area contributed by atoms with Crippen molar-refractivity contribution in [2.45, 2.75) is 13.5 Å². The molecule has 3 aromatic rings. The van der Waals surface area contributed by atoms with Gasteiger partial charge in [0.15, 0.2) is 0 Å². The average Bonchev–Trinajstić information content (AvgIpc) is 2.63. The summed E-state index contributed by atoms with van der Waals surface area (Å²) in [6.07, 6.45) is 1.59. The van der Waals surface area contributed by atoms with Crippen molar-refractivity contribution in [2.24, 2.45) is 0 Å². The van der Waals surface area contributed by atoms with Crippen molar-refractivity contribution in [1.82, 2.24) is 10.4 Å². The van der Waals surface area contributed by atoms with Crippen LogP contribution in [-0.2, 0) is 6.54 Å². The summed E-state index contributed by atoms with van der Waals surface area (Å²) in [5, 5.41) is 1.84. The topological polar surface area (TPSA) is 45.2 Å². The molecule has 4 heteroatoms. The first kappa shape index (κ1) is 15.7. The van der Waals surface area contributed by atoms with E-state index in [4.69, 9.17) is 0 Å². The number of carbonyl (C=O) groups excluding carboxylic acids is 1. The molecule has 4 nitrogen and oxygen atoms in total. The predicted molar refractivity (Wildman–Crippen MR) is 95.5 cm³/mol. The molecule has 1 N–H and O–H groups in total. The lowest BCUT2D eigenvalue weighted by Gasteiger charge is -2.25. The van der Waals surface area contributed by atoms with Gasteiger partial charge in [-0.25, -0.2) is 0 Å². The van der Waals surface area contributed by atoms with E-state index < -0.39 is 0 Å². The number of aryl methyl sites for hydroxylation is 1. The monoisotopic (exact) mass is 317 g/mol. The molecule has 3 rings (SSSR count). The summed E-state index contributed by atoms with van der Waals surface area (Å²) in [7, 11) is 0. The number of rotatable bonds is 5. The summed E-state index contributed by atoms with van der Waals surface area (Å²) < 4.78 is 0. The van der Waals surface area contributed by atoms with Crippen LogP contribution in [0.1, 0.15) is 21.6 Å². The van der Waals surface area contributed by atoms with Gasteiger partial charge >= 0.3 is 0 Å². The Balaban J connectivity index is 1.82. The quantitative estimate of drug-likeness (QED) is 0.729. The van der Waals surface area contributed by atoms with Crippen LogP contribution in [0.5, 0.6) is 0 Å². The summed E-state index contributed by atoms with van der Waals surface area (Å²) in [5.74, 6) is -0.178. The normalized spacial score (nSPS) is 10.2.